The van der Waals surface area contributed by atoms with Gasteiger partial charge in [0.15, 0.2) is 11.5 Å². The minimum absolute atomic E-state index is 0.0237. The Morgan fingerprint density at radius 1 is 0.864 bits per heavy atom. The molecule has 0 atom stereocenters. The van der Waals surface area contributed by atoms with Crippen LogP contribution in [0.25, 0.3) is 21.9 Å². The van der Waals surface area contributed by atoms with Gasteiger partial charge in [-0.05, 0) is 60.5 Å². The lowest BCUT2D eigenvalue weighted by atomic mass is 10.1. The van der Waals surface area contributed by atoms with E-state index in [2.05, 4.69) is 5.32 Å². The second kappa shape index (κ2) is 12.1. The summed E-state index contributed by atoms with van der Waals surface area (Å²) in [5.41, 5.74) is 3.51. The van der Waals surface area contributed by atoms with Crippen LogP contribution in [0.4, 0.5) is 17.1 Å². The fraction of sp³-hybridized carbons (Fsp3) is 0.250. The number of para-hydroxylation sites is 1. The van der Waals surface area contributed by atoms with Crippen molar-refractivity contribution < 1.29 is 27.2 Å². The molecule has 1 aliphatic heterocycles. The number of nitrogens with one attached hydrogen (secondary N) is 1. The normalized spacial score (nSPS) is 14.2. The Morgan fingerprint density at radius 2 is 1.61 bits per heavy atom. The van der Waals surface area contributed by atoms with E-state index >= 15 is 0 Å². The molecule has 1 aromatic heterocycles. The molecule has 228 valence electrons. The molecule has 1 fully saturated rings. The second-order valence-electron chi connectivity index (χ2n) is 10.5. The highest BCUT2D eigenvalue weighted by Crippen LogP contribution is 2.33. The predicted octanol–water partition coefficient (Wildman–Crippen LogP) is 5.68. The molecule has 1 N–H and O–H groups in total. The molecule has 11 nitrogen and oxygen atoms in total. The molecule has 0 radical (unpaired) electrons. The lowest BCUT2D eigenvalue weighted by molar-refractivity contribution is -0.383. The number of benzene rings is 4. The molecule has 0 bridgehead atoms. The summed E-state index contributed by atoms with van der Waals surface area (Å²) in [6, 6.07) is 23.1. The van der Waals surface area contributed by atoms with Crippen molar-refractivity contribution in [1.82, 2.24) is 4.31 Å². The number of ether oxygens (including phenoxy) is 2. The van der Waals surface area contributed by atoms with Gasteiger partial charge in [0.25, 0.3) is 5.69 Å². The van der Waals surface area contributed by atoms with E-state index < -0.39 is 14.9 Å². The van der Waals surface area contributed by atoms with Gasteiger partial charge in [0.1, 0.15) is 16.9 Å². The van der Waals surface area contributed by atoms with Crippen molar-refractivity contribution in [3.63, 3.8) is 0 Å². The molecule has 6 rings (SSSR count). The number of nitro benzene ring substituents is 1. The van der Waals surface area contributed by atoms with Crippen molar-refractivity contribution in [3.8, 4) is 11.5 Å². The van der Waals surface area contributed by atoms with E-state index in [9.17, 15) is 18.5 Å². The van der Waals surface area contributed by atoms with Gasteiger partial charge in [-0.3, -0.25) is 10.1 Å². The summed E-state index contributed by atoms with van der Waals surface area (Å²) in [6.07, 6.45) is 0.610. The number of rotatable bonds is 10. The Balaban J connectivity index is 1.14. The number of furan rings is 1. The molecule has 4 aromatic carbocycles. The standard InChI is InChI=1S/C32H32N4O7S/c1-41-31-11-7-22(19-32(31)42-2)13-14-33-27-20-23(8-10-28(27)36(37)38)34-15-17-35(18-16-34)44(39,40)24-9-12-30-26(21-24)25-5-3-4-6-29(25)43-30/h3-12,19-21,33H,13-18H2,1-2H3. The lowest BCUT2D eigenvalue weighted by Crippen LogP contribution is -2.48. The van der Waals surface area contributed by atoms with E-state index in [1.54, 1.807) is 44.6 Å². The summed E-state index contributed by atoms with van der Waals surface area (Å²) < 4.78 is 45.2. The Hall–Kier alpha value is -4.81. The first-order valence-corrected chi connectivity index (χ1v) is 15.6. The van der Waals surface area contributed by atoms with Crippen molar-refractivity contribution in [1.29, 1.82) is 0 Å². The van der Waals surface area contributed by atoms with Crippen molar-refractivity contribution in [2.45, 2.75) is 11.3 Å². The Kier molecular flexibility index (Phi) is 8.02. The Labute approximate surface area is 254 Å². The molecule has 44 heavy (non-hydrogen) atoms. The largest absolute Gasteiger partial charge is 0.493 e. The third-order valence-electron chi connectivity index (χ3n) is 7.94. The molecule has 0 saturated carbocycles. The molecule has 0 spiro atoms. The van der Waals surface area contributed by atoms with Crippen LogP contribution >= 0.6 is 0 Å². The quantitative estimate of drug-likeness (QED) is 0.156. The summed E-state index contributed by atoms with van der Waals surface area (Å²) in [4.78, 5) is 13.6. The third-order valence-corrected chi connectivity index (χ3v) is 9.84. The van der Waals surface area contributed by atoms with Crippen LogP contribution in [0.2, 0.25) is 0 Å². The molecule has 1 aliphatic rings. The van der Waals surface area contributed by atoms with Crippen LogP contribution < -0.4 is 19.7 Å². The number of nitrogens with zero attached hydrogens (tertiary/aromatic N) is 3. The zero-order chi connectivity index (χ0) is 30.8. The van der Waals surface area contributed by atoms with Crippen LogP contribution in [0.5, 0.6) is 11.5 Å². The Morgan fingerprint density at radius 3 is 2.36 bits per heavy atom. The van der Waals surface area contributed by atoms with Gasteiger partial charge in [-0.2, -0.15) is 4.31 Å². The molecule has 0 amide bonds. The Bertz CT molecular complexity index is 1950. The van der Waals surface area contributed by atoms with E-state index in [-0.39, 0.29) is 23.7 Å². The van der Waals surface area contributed by atoms with Gasteiger partial charge in [0, 0.05) is 55.2 Å². The highest BCUT2D eigenvalue weighted by Gasteiger charge is 2.30. The summed E-state index contributed by atoms with van der Waals surface area (Å²) in [6.45, 7) is 1.91. The number of piperazine rings is 1. The van der Waals surface area contributed by atoms with E-state index in [0.29, 0.717) is 54.4 Å². The monoisotopic (exact) mass is 616 g/mol. The SMILES string of the molecule is COc1ccc(CCNc2cc(N3CCN(S(=O)(=O)c4ccc5oc6ccccc6c5c4)CC3)ccc2[N+](=O)[O-])cc1OC. The number of sulfonamides is 1. The first-order valence-electron chi connectivity index (χ1n) is 14.2. The minimum atomic E-state index is -3.73. The van der Waals surface area contributed by atoms with Gasteiger partial charge < -0.3 is 24.1 Å². The molecule has 5 aromatic rings. The van der Waals surface area contributed by atoms with Crippen LogP contribution in [-0.2, 0) is 16.4 Å². The van der Waals surface area contributed by atoms with E-state index in [1.807, 2.05) is 47.4 Å². The van der Waals surface area contributed by atoms with Crippen LogP contribution in [0, 0.1) is 10.1 Å². The highest BCUT2D eigenvalue weighted by molar-refractivity contribution is 7.89. The average molecular weight is 617 g/mol. The molecule has 1 saturated heterocycles. The molecule has 2 heterocycles. The predicted molar refractivity (Wildman–Crippen MR) is 170 cm³/mol. The van der Waals surface area contributed by atoms with Crippen molar-refractivity contribution >= 4 is 49.0 Å². The third kappa shape index (κ3) is 5.61. The van der Waals surface area contributed by atoms with E-state index in [0.717, 1.165) is 22.0 Å². The van der Waals surface area contributed by atoms with Crippen LogP contribution in [-0.4, -0.2) is 64.6 Å². The van der Waals surface area contributed by atoms with Crippen LogP contribution in [0.15, 0.2) is 88.2 Å². The summed E-state index contributed by atoms with van der Waals surface area (Å²) in [7, 11) is -0.582. The number of hydrogen-bond acceptors (Lipinski definition) is 9. The summed E-state index contributed by atoms with van der Waals surface area (Å²) in [5, 5.41) is 16.6. The fourth-order valence-electron chi connectivity index (χ4n) is 5.60. The van der Waals surface area contributed by atoms with Gasteiger partial charge in [-0.15, -0.1) is 0 Å². The van der Waals surface area contributed by atoms with E-state index in [1.165, 1.54) is 10.4 Å². The number of nitro groups is 1. The zero-order valence-electron chi connectivity index (χ0n) is 24.4. The molecule has 12 heteroatoms. The van der Waals surface area contributed by atoms with Crippen LogP contribution in [0.3, 0.4) is 0 Å². The smallest absolute Gasteiger partial charge is 0.292 e. The van der Waals surface area contributed by atoms with Crippen molar-refractivity contribution in [2.24, 2.45) is 0 Å². The second-order valence-corrected chi connectivity index (χ2v) is 12.4. The summed E-state index contributed by atoms with van der Waals surface area (Å²) in [5.74, 6) is 1.25. The van der Waals surface area contributed by atoms with Gasteiger partial charge in [0.2, 0.25) is 10.0 Å². The van der Waals surface area contributed by atoms with Gasteiger partial charge in [0.05, 0.1) is 24.0 Å². The van der Waals surface area contributed by atoms with E-state index in [4.69, 9.17) is 13.9 Å². The van der Waals surface area contributed by atoms with Gasteiger partial charge in [-0.1, -0.05) is 24.3 Å². The maximum Gasteiger partial charge on any atom is 0.292 e. The minimum Gasteiger partial charge on any atom is -0.493 e. The first-order chi connectivity index (χ1) is 21.3. The molecular weight excluding hydrogens is 584 g/mol. The number of anilines is 2. The maximum atomic E-state index is 13.6. The lowest BCUT2D eigenvalue weighted by Gasteiger charge is -2.35. The number of methoxy groups -OCH3 is 2. The fourth-order valence-corrected chi connectivity index (χ4v) is 7.05. The number of fused-ring (bicyclic) bond motifs is 3. The molecular formula is C32H32N4O7S. The van der Waals surface area contributed by atoms with Gasteiger partial charge in [-0.25, -0.2) is 8.42 Å². The zero-order valence-corrected chi connectivity index (χ0v) is 25.2. The average Bonchev–Trinajstić information content (AvgIpc) is 3.42. The maximum absolute atomic E-state index is 13.6. The molecule has 0 unspecified atom stereocenters. The van der Waals surface area contributed by atoms with Crippen molar-refractivity contribution in [3.05, 3.63) is 94.5 Å². The first kappa shape index (κ1) is 29.3. The number of hydrogen-bond donors (Lipinski definition) is 1. The van der Waals surface area contributed by atoms with Gasteiger partial charge >= 0.3 is 0 Å². The van der Waals surface area contributed by atoms with Crippen LogP contribution in [0.1, 0.15) is 5.56 Å². The topological polar surface area (TPSA) is 127 Å². The molecule has 0 aliphatic carbocycles. The summed E-state index contributed by atoms with van der Waals surface area (Å²) >= 11 is 0. The van der Waals surface area contributed by atoms with Crippen molar-refractivity contribution in [2.75, 3.05) is 57.2 Å². The highest BCUT2D eigenvalue weighted by atomic mass is 32.2.